The summed E-state index contributed by atoms with van der Waals surface area (Å²) >= 11 is 0. The van der Waals surface area contributed by atoms with Crippen LogP contribution in [0.2, 0.25) is 0 Å². The Morgan fingerprint density at radius 2 is 1.82 bits per heavy atom. The number of unbranched alkanes of at least 4 members (excludes halogenated alkanes) is 2. The topological polar surface area (TPSA) is 121 Å². The molecule has 0 saturated carbocycles. The SMILES string of the molecule is C=CCCCCOC[C@H](NC(=O)[C@H](COC)NC(=O)c1cnn(C)c1CC=C)C(=O)OCc1ccccc1. The summed E-state index contributed by atoms with van der Waals surface area (Å²) < 4.78 is 17.8. The highest BCUT2D eigenvalue weighted by Crippen LogP contribution is 2.10. The van der Waals surface area contributed by atoms with Crippen molar-refractivity contribution in [1.82, 2.24) is 20.4 Å². The molecule has 2 amide bonds. The number of methoxy groups -OCH3 is 1. The maximum absolute atomic E-state index is 13.2. The molecule has 206 valence electrons. The van der Waals surface area contributed by atoms with Crippen LogP contribution in [0.5, 0.6) is 0 Å². The molecule has 10 heteroatoms. The maximum atomic E-state index is 13.2. The van der Waals surface area contributed by atoms with Crippen molar-refractivity contribution < 1.29 is 28.6 Å². The number of aromatic nitrogens is 2. The van der Waals surface area contributed by atoms with Crippen LogP contribution in [0.15, 0.2) is 61.8 Å². The van der Waals surface area contributed by atoms with Crippen LogP contribution >= 0.6 is 0 Å². The number of aryl methyl sites for hydroxylation is 1. The van der Waals surface area contributed by atoms with E-state index in [2.05, 4.69) is 28.9 Å². The fourth-order valence-electron chi connectivity index (χ4n) is 3.58. The van der Waals surface area contributed by atoms with Crippen molar-refractivity contribution in [2.24, 2.45) is 7.05 Å². The molecule has 10 nitrogen and oxygen atoms in total. The highest BCUT2D eigenvalue weighted by atomic mass is 16.5. The van der Waals surface area contributed by atoms with Gasteiger partial charge in [0.2, 0.25) is 5.91 Å². The molecule has 0 unspecified atom stereocenters. The zero-order chi connectivity index (χ0) is 27.8. The number of ether oxygens (including phenoxy) is 3. The van der Waals surface area contributed by atoms with Crippen LogP contribution in [0.3, 0.4) is 0 Å². The molecule has 2 rings (SSSR count). The fourth-order valence-corrected chi connectivity index (χ4v) is 3.58. The molecule has 1 heterocycles. The fraction of sp³-hybridized carbons (Fsp3) is 0.429. The number of hydrogen-bond donors (Lipinski definition) is 2. The molecular weight excluding hydrogens is 488 g/mol. The van der Waals surface area contributed by atoms with Gasteiger partial charge in [0.25, 0.3) is 5.91 Å². The van der Waals surface area contributed by atoms with Gasteiger partial charge in [-0.2, -0.15) is 5.10 Å². The molecule has 0 aliphatic carbocycles. The zero-order valence-corrected chi connectivity index (χ0v) is 22.2. The van der Waals surface area contributed by atoms with Gasteiger partial charge in [-0.25, -0.2) is 4.79 Å². The van der Waals surface area contributed by atoms with E-state index < -0.39 is 29.9 Å². The van der Waals surface area contributed by atoms with E-state index >= 15 is 0 Å². The van der Waals surface area contributed by atoms with Gasteiger partial charge >= 0.3 is 5.97 Å². The highest BCUT2D eigenvalue weighted by Gasteiger charge is 2.29. The van der Waals surface area contributed by atoms with Crippen molar-refractivity contribution in [2.45, 2.75) is 44.4 Å². The summed E-state index contributed by atoms with van der Waals surface area (Å²) in [5, 5.41) is 9.45. The molecule has 2 N–H and O–H groups in total. The number of rotatable bonds is 18. The van der Waals surface area contributed by atoms with Crippen LogP contribution in [0.25, 0.3) is 0 Å². The minimum Gasteiger partial charge on any atom is -0.459 e. The number of carbonyl (C=O) groups is 3. The van der Waals surface area contributed by atoms with Crippen LogP contribution in [0, 0.1) is 0 Å². The van der Waals surface area contributed by atoms with Gasteiger partial charge in [-0.15, -0.1) is 13.2 Å². The first-order valence-corrected chi connectivity index (χ1v) is 12.5. The third-order valence-electron chi connectivity index (χ3n) is 5.66. The van der Waals surface area contributed by atoms with Crippen molar-refractivity contribution >= 4 is 17.8 Å². The summed E-state index contributed by atoms with van der Waals surface area (Å²) in [4.78, 5) is 39.0. The summed E-state index contributed by atoms with van der Waals surface area (Å²) in [6.45, 7) is 7.69. The highest BCUT2D eigenvalue weighted by molar-refractivity contribution is 5.99. The molecule has 0 radical (unpaired) electrons. The molecule has 1 aromatic carbocycles. The Kier molecular flexibility index (Phi) is 13.5. The standard InChI is InChI=1S/C28H38N4O6/c1-5-7-8-12-16-37-20-24(28(35)38-18-21-14-10-9-11-15-21)31-27(34)23(19-36-4)30-26(33)22-17-29-32(3)25(22)13-6-2/h5-6,9-11,14-15,17,23-24H,1-2,7-8,12-13,16,18-20H2,3-4H3,(H,30,33)(H,31,34)/t23-,24-/m0/s1. The Bertz CT molecular complexity index is 1050. The van der Waals surface area contributed by atoms with E-state index in [-0.39, 0.29) is 19.8 Å². The van der Waals surface area contributed by atoms with Crippen molar-refractivity contribution in [2.75, 3.05) is 26.9 Å². The Morgan fingerprint density at radius 3 is 2.50 bits per heavy atom. The smallest absolute Gasteiger partial charge is 0.331 e. The lowest BCUT2D eigenvalue weighted by Gasteiger charge is -2.22. The van der Waals surface area contributed by atoms with Gasteiger partial charge in [0, 0.05) is 27.2 Å². The first-order valence-electron chi connectivity index (χ1n) is 12.5. The van der Waals surface area contributed by atoms with Gasteiger partial charge in [0.05, 0.1) is 30.7 Å². The Hall–Kier alpha value is -3.76. The molecule has 2 aromatic rings. The zero-order valence-electron chi connectivity index (χ0n) is 22.2. The number of allylic oxidation sites excluding steroid dienone is 2. The average molecular weight is 527 g/mol. The van der Waals surface area contributed by atoms with E-state index in [0.29, 0.717) is 24.3 Å². The summed E-state index contributed by atoms with van der Waals surface area (Å²) in [5.74, 6) is -1.74. The second-order valence-corrected chi connectivity index (χ2v) is 8.62. The second kappa shape index (κ2) is 16.9. The van der Waals surface area contributed by atoms with Gasteiger partial charge in [-0.3, -0.25) is 14.3 Å². The second-order valence-electron chi connectivity index (χ2n) is 8.62. The van der Waals surface area contributed by atoms with Crippen molar-refractivity contribution in [3.63, 3.8) is 0 Å². The van der Waals surface area contributed by atoms with Gasteiger partial charge < -0.3 is 24.8 Å². The molecule has 0 spiro atoms. The lowest BCUT2D eigenvalue weighted by atomic mass is 10.1. The number of nitrogens with one attached hydrogen (secondary N) is 2. The molecule has 0 aliphatic heterocycles. The number of hydrogen-bond acceptors (Lipinski definition) is 7. The average Bonchev–Trinajstić information content (AvgIpc) is 3.29. The Balaban J connectivity index is 2.07. The van der Waals surface area contributed by atoms with Crippen molar-refractivity contribution in [1.29, 1.82) is 0 Å². The van der Waals surface area contributed by atoms with Crippen LogP contribution in [0.4, 0.5) is 0 Å². The Labute approximate surface area is 224 Å². The van der Waals surface area contributed by atoms with Crippen LogP contribution in [-0.4, -0.2) is 66.6 Å². The van der Waals surface area contributed by atoms with E-state index in [1.807, 2.05) is 36.4 Å². The lowest BCUT2D eigenvalue weighted by molar-refractivity contribution is -0.151. The number of benzene rings is 1. The molecule has 38 heavy (non-hydrogen) atoms. The third-order valence-corrected chi connectivity index (χ3v) is 5.66. The van der Waals surface area contributed by atoms with Crippen LogP contribution in [0.1, 0.15) is 40.9 Å². The number of carbonyl (C=O) groups excluding carboxylic acids is 3. The van der Waals surface area contributed by atoms with E-state index in [0.717, 1.165) is 24.8 Å². The molecule has 0 aliphatic rings. The number of nitrogens with zero attached hydrogens (tertiary/aromatic N) is 2. The molecule has 0 fully saturated rings. The molecule has 1 aromatic heterocycles. The van der Waals surface area contributed by atoms with E-state index in [9.17, 15) is 14.4 Å². The van der Waals surface area contributed by atoms with E-state index in [1.165, 1.54) is 13.3 Å². The summed E-state index contributed by atoms with van der Waals surface area (Å²) in [6.07, 6.45) is 7.91. The van der Waals surface area contributed by atoms with Crippen molar-refractivity contribution in [3.8, 4) is 0 Å². The van der Waals surface area contributed by atoms with Gasteiger partial charge in [-0.05, 0) is 24.8 Å². The number of esters is 1. The summed E-state index contributed by atoms with van der Waals surface area (Å²) in [5.41, 5.74) is 1.79. The van der Waals surface area contributed by atoms with Crippen LogP contribution < -0.4 is 10.6 Å². The van der Waals surface area contributed by atoms with Gasteiger partial charge in [-0.1, -0.05) is 42.5 Å². The first kappa shape index (κ1) is 30.5. The Morgan fingerprint density at radius 1 is 1.05 bits per heavy atom. The van der Waals surface area contributed by atoms with Gasteiger partial charge in [0.15, 0.2) is 6.04 Å². The van der Waals surface area contributed by atoms with Gasteiger partial charge in [0.1, 0.15) is 12.6 Å². The maximum Gasteiger partial charge on any atom is 0.331 e. The summed E-state index contributed by atoms with van der Waals surface area (Å²) in [6, 6.07) is 7.08. The minimum absolute atomic E-state index is 0.0523. The predicted molar refractivity (Wildman–Crippen MR) is 143 cm³/mol. The third kappa shape index (κ3) is 9.95. The first-order chi connectivity index (χ1) is 18.4. The lowest BCUT2D eigenvalue weighted by Crippen LogP contribution is -2.54. The van der Waals surface area contributed by atoms with Crippen LogP contribution in [-0.2, 0) is 43.9 Å². The monoisotopic (exact) mass is 526 g/mol. The summed E-state index contributed by atoms with van der Waals surface area (Å²) in [7, 11) is 3.13. The van der Waals surface area contributed by atoms with Crippen molar-refractivity contribution in [3.05, 3.63) is 78.7 Å². The van der Waals surface area contributed by atoms with E-state index in [1.54, 1.807) is 17.8 Å². The molecular formula is C28H38N4O6. The molecule has 2 atom stereocenters. The molecule has 0 saturated heterocycles. The minimum atomic E-state index is -1.07. The number of amides is 2. The normalized spacial score (nSPS) is 12.3. The predicted octanol–water partition coefficient (Wildman–Crippen LogP) is 2.49. The van der Waals surface area contributed by atoms with E-state index in [4.69, 9.17) is 14.2 Å². The quantitative estimate of drug-likeness (QED) is 0.174. The molecule has 0 bridgehead atoms. The largest absolute Gasteiger partial charge is 0.459 e.